The average Bonchev–Trinajstić information content (AvgIpc) is 2.78. The van der Waals surface area contributed by atoms with Crippen LogP contribution in [0.3, 0.4) is 0 Å². The topological polar surface area (TPSA) is 3.01 Å². The van der Waals surface area contributed by atoms with Crippen LogP contribution in [0, 0.1) is 0 Å². The quantitative estimate of drug-likeness (QED) is 0.550. The van der Waals surface area contributed by atoms with Gasteiger partial charge in [-0.25, -0.2) is 0 Å². The SMILES string of the molecule is CCC1CCCC2(CC)CN12. The van der Waals surface area contributed by atoms with E-state index in [0.29, 0.717) is 5.54 Å². The highest BCUT2D eigenvalue weighted by atomic mass is 15.4. The molecule has 3 atom stereocenters. The van der Waals surface area contributed by atoms with Gasteiger partial charge in [0.1, 0.15) is 0 Å². The summed E-state index contributed by atoms with van der Waals surface area (Å²) in [6, 6.07) is 0.934. The van der Waals surface area contributed by atoms with Crippen molar-refractivity contribution in [2.24, 2.45) is 0 Å². The Morgan fingerprint density at radius 2 is 2.27 bits per heavy atom. The van der Waals surface area contributed by atoms with E-state index < -0.39 is 0 Å². The molecule has 2 fully saturated rings. The number of hydrogen-bond donors (Lipinski definition) is 0. The molecule has 0 spiro atoms. The fourth-order valence-electron chi connectivity index (χ4n) is 2.76. The molecule has 0 bridgehead atoms. The molecule has 3 unspecified atom stereocenters. The molecule has 0 aromatic carbocycles. The lowest BCUT2D eigenvalue weighted by Crippen LogP contribution is -2.31. The highest BCUT2D eigenvalue weighted by Crippen LogP contribution is 2.47. The summed E-state index contributed by atoms with van der Waals surface area (Å²) in [7, 11) is 0. The van der Waals surface area contributed by atoms with Crippen molar-refractivity contribution >= 4 is 0 Å². The molecule has 0 amide bonds. The van der Waals surface area contributed by atoms with Gasteiger partial charge in [0.25, 0.3) is 0 Å². The molecule has 64 valence electrons. The summed E-state index contributed by atoms with van der Waals surface area (Å²) in [5, 5.41) is 0. The third kappa shape index (κ3) is 1.01. The Bertz CT molecular complexity index is 155. The highest BCUT2D eigenvalue weighted by molar-refractivity contribution is 5.11. The largest absolute Gasteiger partial charge is 0.292 e. The lowest BCUT2D eigenvalue weighted by Gasteiger charge is -2.28. The summed E-state index contributed by atoms with van der Waals surface area (Å²) in [4.78, 5) is 2.73. The summed E-state index contributed by atoms with van der Waals surface area (Å²) in [6.07, 6.45) is 7.15. The zero-order valence-corrected chi connectivity index (χ0v) is 7.77. The zero-order valence-electron chi connectivity index (χ0n) is 7.77. The van der Waals surface area contributed by atoms with Crippen LogP contribution in [0.25, 0.3) is 0 Å². The second-order valence-electron chi connectivity index (χ2n) is 4.16. The van der Waals surface area contributed by atoms with Gasteiger partial charge < -0.3 is 0 Å². The van der Waals surface area contributed by atoms with Gasteiger partial charge in [-0.1, -0.05) is 20.3 Å². The fraction of sp³-hybridized carbons (Fsp3) is 1.00. The van der Waals surface area contributed by atoms with Gasteiger partial charge in [0, 0.05) is 18.1 Å². The van der Waals surface area contributed by atoms with Crippen LogP contribution in [-0.2, 0) is 0 Å². The Morgan fingerprint density at radius 1 is 1.45 bits per heavy atom. The van der Waals surface area contributed by atoms with Crippen LogP contribution in [0.5, 0.6) is 0 Å². The second-order valence-corrected chi connectivity index (χ2v) is 4.16. The minimum absolute atomic E-state index is 0.693. The first-order valence-electron chi connectivity index (χ1n) is 5.09. The summed E-state index contributed by atoms with van der Waals surface area (Å²) < 4.78 is 0. The van der Waals surface area contributed by atoms with Crippen LogP contribution < -0.4 is 0 Å². The maximum Gasteiger partial charge on any atom is 0.0337 e. The van der Waals surface area contributed by atoms with Crippen molar-refractivity contribution in [3.63, 3.8) is 0 Å². The number of fused-ring (bicyclic) bond motifs is 1. The predicted molar refractivity (Wildman–Crippen MR) is 47.7 cm³/mol. The Labute approximate surface area is 69.8 Å². The van der Waals surface area contributed by atoms with Gasteiger partial charge in [-0.15, -0.1) is 0 Å². The monoisotopic (exact) mass is 153 g/mol. The van der Waals surface area contributed by atoms with Gasteiger partial charge in [0.15, 0.2) is 0 Å². The van der Waals surface area contributed by atoms with Gasteiger partial charge >= 0.3 is 0 Å². The highest BCUT2D eigenvalue weighted by Gasteiger charge is 2.54. The van der Waals surface area contributed by atoms with Crippen LogP contribution in [0.1, 0.15) is 46.0 Å². The van der Waals surface area contributed by atoms with Gasteiger partial charge in [-0.2, -0.15) is 0 Å². The molecule has 0 aromatic heterocycles. The summed E-state index contributed by atoms with van der Waals surface area (Å²) in [5.41, 5.74) is 0.693. The van der Waals surface area contributed by atoms with E-state index in [1.807, 2.05) is 0 Å². The molecule has 1 nitrogen and oxygen atoms in total. The lowest BCUT2D eigenvalue weighted by atomic mass is 9.92. The standard InChI is InChI=1S/C10H19N/c1-3-9-6-5-7-10(4-2)8-11(9)10/h9H,3-8H2,1-2H3. The zero-order chi connectivity index (χ0) is 7.90. The third-order valence-corrected chi connectivity index (χ3v) is 3.72. The fourth-order valence-corrected chi connectivity index (χ4v) is 2.76. The van der Waals surface area contributed by atoms with Crippen LogP contribution in [0.2, 0.25) is 0 Å². The van der Waals surface area contributed by atoms with Gasteiger partial charge in [-0.05, 0) is 25.7 Å². The van der Waals surface area contributed by atoms with Crippen molar-refractivity contribution < 1.29 is 0 Å². The normalized spacial score (nSPS) is 48.5. The second kappa shape index (κ2) is 2.48. The van der Waals surface area contributed by atoms with Crippen LogP contribution in [0.4, 0.5) is 0 Å². The summed E-state index contributed by atoms with van der Waals surface area (Å²) >= 11 is 0. The molecule has 1 heteroatoms. The van der Waals surface area contributed by atoms with Crippen molar-refractivity contribution in [3.8, 4) is 0 Å². The first kappa shape index (κ1) is 7.60. The molecule has 0 aromatic rings. The van der Waals surface area contributed by atoms with E-state index >= 15 is 0 Å². The average molecular weight is 153 g/mol. The number of rotatable bonds is 2. The van der Waals surface area contributed by atoms with E-state index in [1.54, 1.807) is 0 Å². The maximum absolute atomic E-state index is 2.73. The number of piperidine rings is 1. The first-order valence-corrected chi connectivity index (χ1v) is 5.09. The Balaban J connectivity index is 2.01. The molecule has 11 heavy (non-hydrogen) atoms. The molecule has 0 aliphatic carbocycles. The van der Waals surface area contributed by atoms with E-state index in [-0.39, 0.29) is 0 Å². The van der Waals surface area contributed by atoms with Crippen LogP contribution in [0.15, 0.2) is 0 Å². The van der Waals surface area contributed by atoms with Crippen molar-refractivity contribution in [2.75, 3.05) is 6.54 Å². The van der Waals surface area contributed by atoms with Gasteiger partial charge in [0.05, 0.1) is 0 Å². The van der Waals surface area contributed by atoms with Gasteiger partial charge in [-0.3, -0.25) is 4.90 Å². The molecule has 0 saturated carbocycles. The van der Waals surface area contributed by atoms with Crippen molar-refractivity contribution in [1.29, 1.82) is 0 Å². The van der Waals surface area contributed by atoms with Crippen molar-refractivity contribution in [1.82, 2.24) is 4.90 Å². The van der Waals surface area contributed by atoms with Crippen molar-refractivity contribution in [2.45, 2.75) is 57.5 Å². The molecular weight excluding hydrogens is 134 g/mol. The van der Waals surface area contributed by atoms with E-state index in [9.17, 15) is 0 Å². The van der Waals surface area contributed by atoms with Gasteiger partial charge in [0.2, 0.25) is 0 Å². The van der Waals surface area contributed by atoms with E-state index in [1.165, 1.54) is 38.6 Å². The molecule has 2 saturated heterocycles. The molecule has 2 heterocycles. The molecule has 2 rings (SSSR count). The maximum atomic E-state index is 2.73. The van der Waals surface area contributed by atoms with Crippen molar-refractivity contribution in [3.05, 3.63) is 0 Å². The van der Waals surface area contributed by atoms with Crippen LogP contribution >= 0.6 is 0 Å². The van der Waals surface area contributed by atoms with Crippen LogP contribution in [-0.4, -0.2) is 23.0 Å². The minimum Gasteiger partial charge on any atom is -0.292 e. The predicted octanol–water partition coefficient (Wildman–Crippen LogP) is 2.41. The third-order valence-electron chi connectivity index (χ3n) is 3.72. The summed E-state index contributed by atoms with van der Waals surface area (Å²) in [5.74, 6) is 0. The molecule has 0 N–H and O–H groups in total. The smallest absolute Gasteiger partial charge is 0.0337 e. The van der Waals surface area contributed by atoms with E-state index in [0.717, 1.165) is 6.04 Å². The number of nitrogens with zero attached hydrogens (tertiary/aromatic N) is 1. The summed E-state index contributed by atoms with van der Waals surface area (Å²) in [6.45, 7) is 6.08. The van der Waals surface area contributed by atoms with E-state index in [4.69, 9.17) is 0 Å². The Morgan fingerprint density at radius 3 is 2.91 bits per heavy atom. The molecular formula is C10H19N. The molecule has 0 radical (unpaired) electrons. The molecule has 2 aliphatic heterocycles. The first-order chi connectivity index (χ1) is 5.32. The Kier molecular flexibility index (Phi) is 1.71. The Hall–Kier alpha value is -0.0400. The molecule has 2 aliphatic rings. The lowest BCUT2D eigenvalue weighted by molar-refractivity contribution is 0.223. The minimum atomic E-state index is 0.693. The van der Waals surface area contributed by atoms with E-state index in [2.05, 4.69) is 18.7 Å². The number of hydrogen-bond acceptors (Lipinski definition) is 1.